The fraction of sp³-hybridized carbons (Fsp3) is 0.368. The number of benzene rings is 2. The number of hydrogen-bond donors (Lipinski definition) is 1. The molecule has 1 N–H and O–H groups in total. The lowest BCUT2D eigenvalue weighted by atomic mass is 10.1. The number of quaternary nitrogens is 1. The average molecular weight is 335 g/mol. The van der Waals surface area contributed by atoms with Crippen LogP contribution in [-0.4, -0.2) is 26.2 Å². The van der Waals surface area contributed by atoms with Gasteiger partial charge in [-0.1, -0.05) is 30.3 Å². The first-order chi connectivity index (χ1) is 11.4. The molecular formula is C19H22F3N2+. The van der Waals surface area contributed by atoms with Gasteiger partial charge in [-0.05, 0) is 30.7 Å². The van der Waals surface area contributed by atoms with E-state index in [2.05, 4.69) is 30.0 Å². The molecule has 1 heterocycles. The van der Waals surface area contributed by atoms with Gasteiger partial charge in [0.15, 0.2) is 0 Å². The molecule has 0 unspecified atom stereocenters. The Morgan fingerprint density at radius 1 is 1.00 bits per heavy atom. The van der Waals surface area contributed by atoms with E-state index in [-0.39, 0.29) is 0 Å². The van der Waals surface area contributed by atoms with E-state index in [1.807, 2.05) is 6.07 Å². The van der Waals surface area contributed by atoms with E-state index in [1.165, 1.54) is 28.2 Å². The number of anilines is 1. The van der Waals surface area contributed by atoms with Gasteiger partial charge in [-0.2, -0.15) is 13.2 Å². The number of alkyl halides is 3. The summed E-state index contributed by atoms with van der Waals surface area (Å²) in [6.45, 7) is 6.52. The minimum absolute atomic E-state index is 0.574. The van der Waals surface area contributed by atoms with Crippen LogP contribution in [0.15, 0.2) is 48.5 Å². The van der Waals surface area contributed by atoms with Crippen molar-refractivity contribution in [2.45, 2.75) is 19.6 Å². The van der Waals surface area contributed by atoms with Crippen molar-refractivity contribution in [3.8, 4) is 0 Å². The third-order valence-electron chi connectivity index (χ3n) is 4.71. The minimum Gasteiger partial charge on any atom is -0.360 e. The molecule has 1 aliphatic heterocycles. The van der Waals surface area contributed by atoms with Crippen molar-refractivity contribution in [3.63, 3.8) is 0 Å². The van der Waals surface area contributed by atoms with Gasteiger partial charge in [0.25, 0.3) is 0 Å². The summed E-state index contributed by atoms with van der Waals surface area (Å²) in [6, 6.07) is 14.0. The molecule has 0 spiro atoms. The molecule has 0 amide bonds. The molecule has 3 rings (SSSR count). The number of nitrogens with zero attached hydrogens (tertiary/aromatic N) is 1. The molecule has 2 aromatic rings. The quantitative estimate of drug-likeness (QED) is 0.906. The monoisotopic (exact) mass is 335 g/mol. The largest absolute Gasteiger partial charge is 0.416 e. The first kappa shape index (κ1) is 16.8. The van der Waals surface area contributed by atoms with Crippen molar-refractivity contribution in [2.24, 2.45) is 0 Å². The fourth-order valence-corrected chi connectivity index (χ4v) is 3.21. The SMILES string of the molecule is Cc1ccccc1C[NH+]1CCN(c2cccc(C(F)(F)F)c2)CC1. The van der Waals surface area contributed by atoms with Crippen LogP contribution in [0.4, 0.5) is 18.9 Å². The number of piperazine rings is 1. The van der Waals surface area contributed by atoms with Crippen LogP contribution in [0.2, 0.25) is 0 Å². The van der Waals surface area contributed by atoms with E-state index < -0.39 is 11.7 Å². The summed E-state index contributed by atoms with van der Waals surface area (Å²) in [7, 11) is 0. The highest BCUT2D eigenvalue weighted by atomic mass is 19.4. The Hall–Kier alpha value is -2.01. The number of aryl methyl sites for hydroxylation is 1. The van der Waals surface area contributed by atoms with Crippen LogP contribution in [0.25, 0.3) is 0 Å². The first-order valence-corrected chi connectivity index (χ1v) is 8.24. The highest BCUT2D eigenvalue weighted by Gasteiger charge is 2.31. The third kappa shape index (κ3) is 3.90. The van der Waals surface area contributed by atoms with Crippen molar-refractivity contribution in [3.05, 3.63) is 65.2 Å². The Bertz CT molecular complexity index is 689. The standard InChI is InChI=1S/C19H21F3N2/c1-15-5-2-3-6-16(15)14-23-9-11-24(12-10-23)18-8-4-7-17(13-18)19(20,21)22/h2-8,13H,9-12,14H2,1H3/p+1. The van der Waals surface area contributed by atoms with Crippen LogP contribution in [0.3, 0.4) is 0 Å². The van der Waals surface area contributed by atoms with Gasteiger partial charge in [0.2, 0.25) is 0 Å². The Morgan fingerprint density at radius 2 is 1.71 bits per heavy atom. The van der Waals surface area contributed by atoms with Crippen LogP contribution < -0.4 is 9.80 Å². The summed E-state index contributed by atoms with van der Waals surface area (Å²) < 4.78 is 38.6. The van der Waals surface area contributed by atoms with Gasteiger partial charge in [-0.15, -0.1) is 0 Å². The van der Waals surface area contributed by atoms with E-state index in [0.717, 1.165) is 38.8 Å². The van der Waals surface area contributed by atoms with Crippen molar-refractivity contribution in [1.29, 1.82) is 0 Å². The minimum atomic E-state index is -4.28. The summed E-state index contributed by atoms with van der Waals surface area (Å²) in [5, 5.41) is 0. The second-order valence-electron chi connectivity index (χ2n) is 6.39. The molecule has 0 bridgehead atoms. The second kappa shape index (κ2) is 6.85. The molecule has 0 aromatic heterocycles. The van der Waals surface area contributed by atoms with E-state index in [1.54, 1.807) is 6.07 Å². The lowest BCUT2D eigenvalue weighted by Gasteiger charge is -2.34. The lowest BCUT2D eigenvalue weighted by Crippen LogP contribution is -3.13. The Labute approximate surface area is 140 Å². The highest BCUT2D eigenvalue weighted by Crippen LogP contribution is 2.31. The van der Waals surface area contributed by atoms with Gasteiger partial charge < -0.3 is 9.80 Å². The molecule has 128 valence electrons. The zero-order chi connectivity index (χ0) is 17.2. The molecular weight excluding hydrogens is 313 g/mol. The van der Waals surface area contributed by atoms with Gasteiger partial charge >= 0.3 is 6.18 Å². The van der Waals surface area contributed by atoms with E-state index >= 15 is 0 Å². The molecule has 5 heteroatoms. The van der Waals surface area contributed by atoms with E-state index in [0.29, 0.717) is 5.69 Å². The Kier molecular flexibility index (Phi) is 4.81. The molecule has 1 saturated heterocycles. The molecule has 0 atom stereocenters. The summed E-state index contributed by atoms with van der Waals surface area (Å²) in [6.07, 6.45) is -4.28. The van der Waals surface area contributed by atoms with Crippen LogP contribution in [0.5, 0.6) is 0 Å². The maximum atomic E-state index is 12.9. The smallest absolute Gasteiger partial charge is 0.360 e. The number of nitrogens with one attached hydrogen (secondary N) is 1. The van der Waals surface area contributed by atoms with Crippen LogP contribution >= 0.6 is 0 Å². The van der Waals surface area contributed by atoms with Crippen molar-refractivity contribution >= 4 is 5.69 Å². The predicted molar refractivity (Wildman–Crippen MR) is 89.2 cm³/mol. The normalized spacial score (nSPS) is 16.4. The fourth-order valence-electron chi connectivity index (χ4n) is 3.21. The average Bonchev–Trinajstić information content (AvgIpc) is 2.57. The topological polar surface area (TPSA) is 7.68 Å². The van der Waals surface area contributed by atoms with Gasteiger partial charge in [0.1, 0.15) is 6.54 Å². The Morgan fingerprint density at radius 3 is 2.38 bits per heavy atom. The summed E-state index contributed by atoms with van der Waals surface area (Å²) in [4.78, 5) is 3.53. The van der Waals surface area contributed by atoms with Crippen molar-refractivity contribution in [2.75, 3.05) is 31.1 Å². The second-order valence-corrected chi connectivity index (χ2v) is 6.39. The summed E-state index contributed by atoms with van der Waals surface area (Å²) >= 11 is 0. The first-order valence-electron chi connectivity index (χ1n) is 8.24. The number of halogens is 3. The lowest BCUT2D eigenvalue weighted by molar-refractivity contribution is -0.914. The number of hydrogen-bond acceptors (Lipinski definition) is 1. The molecule has 2 aromatic carbocycles. The van der Waals surface area contributed by atoms with Gasteiger partial charge in [0, 0.05) is 11.3 Å². The zero-order valence-electron chi connectivity index (χ0n) is 13.7. The van der Waals surface area contributed by atoms with Gasteiger partial charge in [-0.25, -0.2) is 0 Å². The third-order valence-corrected chi connectivity index (χ3v) is 4.71. The number of rotatable bonds is 3. The van der Waals surface area contributed by atoms with Crippen molar-refractivity contribution < 1.29 is 18.1 Å². The highest BCUT2D eigenvalue weighted by molar-refractivity contribution is 5.49. The molecule has 0 saturated carbocycles. The summed E-state index contributed by atoms with van der Waals surface area (Å²) in [5.41, 5.74) is 2.74. The zero-order valence-corrected chi connectivity index (χ0v) is 13.7. The van der Waals surface area contributed by atoms with Crippen molar-refractivity contribution in [1.82, 2.24) is 0 Å². The van der Waals surface area contributed by atoms with Gasteiger partial charge in [0.05, 0.1) is 31.7 Å². The van der Waals surface area contributed by atoms with E-state index in [9.17, 15) is 13.2 Å². The van der Waals surface area contributed by atoms with Crippen LogP contribution in [0, 0.1) is 6.92 Å². The molecule has 2 nitrogen and oxygen atoms in total. The summed E-state index contributed by atoms with van der Waals surface area (Å²) in [5.74, 6) is 0. The van der Waals surface area contributed by atoms with Crippen LogP contribution in [-0.2, 0) is 12.7 Å². The molecule has 0 radical (unpaired) electrons. The Balaban J connectivity index is 1.62. The molecule has 1 aliphatic rings. The molecule has 1 fully saturated rings. The predicted octanol–water partition coefficient (Wildman–Crippen LogP) is 2.92. The maximum Gasteiger partial charge on any atom is 0.416 e. The molecule has 24 heavy (non-hydrogen) atoms. The van der Waals surface area contributed by atoms with Crippen LogP contribution in [0.1, 0.15) is 16.7 Å². The van der Waals surface area contributed by atoms with Gasteiger partial charge in [-0.3, -0.25) is 0 Å². The molecule has 0 aliphatic carbocycles. The van der Waals surface area contributed by atoms with E-state index in [4.69, 9.17) is 0 Å². The maximum absolute atomic E-state index is 12.9.